The molecule has 0 aliphatic rings. The fourth-order valence-electron chi connectivity index (χ4n) is 2.18. The number of tetrazole rings is 1. The van der Waals surface area contributed by atoms with Crippen LogP contribution in [0.15, 0.2) is 33.5 Å². The van der Waals surface area contributed by atoms with E-state index in [1.54, 1.807) is 4.68 Å². The minimum atomic E-state index is -0.355. The second-order valence-electron chi connectivity index (χ2n) is 4.66. The van der Waals surface area contributed by atoms with Gasteiger partial charge in [-0.3, -0.25) is 0 Å². The van der Waals surface area contributed by atoms with Gasteiger partial charge in [0.05, 0.1) is 6.54 Å². The van der Waals surface area contributed by atoms with Gasteiger partial charge >= 0.3 is 5.63 Å². The van der Waals surface area contributed by atoms with Crippen LogP contribution in [-0.2, 0) is 13.0 Å². The summed E-state index contributed by atoms with van der Waals surface area (Å²) in [5, 5.41) is 12.3. The lowest BCUT2D eigenvalue weighted by Crippen LogP contribution is -2.08. The van der Waals surface area contributed by atoms with Crippen LogP contribution in [0.2, 0.25) is 0 Å². The van der Waals surface area contributed by atoms with Crippen molar-refractivity contribution >= 4 is 11.0 Å². The predicted molar refractivity (Wildman–Crippen MR) is 73.5 cm³/mol. The second kappa shape index (κ2) is 4.88. The van der Waals surface area contributed by atoms with Gasteiger partial charge in [-0.15, -0.1) is 5.10 Å². The zero-order chi connectivity index (χ0) is 14.1. The van der Waals surface area contributed by atoms with Crippen molar-refractivity contribution in [2.24, 2.45) is 0 Å². The SMILES string of the molecule is CCc1ccc2c(Cn3nnnc3C)cc(=O)oc2c1. The molecule has 0 aliphatic carbocycles. The zero-order valence-corrected chi connectivity index (χ0v) is 11.3. The molecular formula is C14H14N4O2. The largest absolute Gasteiger partial charge is 0.423 e. The number of hydrogen-bond acceptors (Lipinski definition) is 5. The van der Waals surface area contributed by atoms with Gasteiger partial charge in [-0.25, -0.2) is 9.48 Å². The van der Waals surface area contributed by atoms with Gasteiger partial charge in [-0.05, 0) is 41.0 Å². The monoisotopic (exact) mass is 270 g/mol. The van der Waals surface area contributed by atoms with Crippen molar-refractivity contribution in [1.82, 2.24) is 20.2 Å². The summed E-state index contributed by atoms with van der Waals surface area (Å²) in [7, 11) is 0. The molecule has 6 nitrogen and oxygen atoms in total. The van der Waals surface area contributed by atoms with Crippen LogP contribution >= 0.6 is 0 Å². The Kier molecular flexibility index (Phi) is 3.06. The summed E-state index contributed by atoms with van der Waals surface area (Å²) in [5.74, 6) is 0.705. The third-order valence-corrected chi connectivity index (χ3v) is 3.33. The van der Waals surface area contributed by atoms with Crippen molar-refractivity contribution < 1.29 is 4.42 Å². The van der Waals surface area contributed by atoms with Crippen LogP contribution in [0.3, 0.4) is 0 Å². The van der Waals surface area contributed by atoms with Gasteiger partial charge in [0, 0.05) is 11.5 Å². The topological polar surface area (TPSA) is 73.8 Å². The van der Waals surface area contributed by atoms with E-state index in [2.05, 4.69) is 22.4 Å². The summed E-state index contributed by atoms with van der Waals surface area (Å²) in [4.78, 5) is 11.7. The van der Waals surface area contributed by atoms with Crippen molar-refractivity contribution in [2.45, 2.75) is 26.8 Å². The van der Waals surface area contributed by atoms with E-state index in [1.165, 1.54) is 6.07 Å². The Hall–Kier alpha value is -2.50. The molecule has 102 valence electrons. The number of rotatable bonds is 3. The van der Waals surface area contributed by atoms with E-state index >= 15 is 0 Å². The zero-order valence-electron chi connectivity index (χ0n) is 11.3. The molecule has 0 fully saturated rings. The van der Waals surface area contributed by atoms with Gasteiger partial charge < -0.3 is 4.42 Å². The van der Waals surface area contributed by atoms with Crippen LogP contribution in [0.5, 0.6) is 0 Å². The number of nitrogens with zero attached hydrogens (tertiary/aromatic N) is 4. The maximum atomic E-state index is 11.7. The van der Waals surface area contributed by atoms with E-state index in [-0.39, 0.29) is 5.63 Å². The molecule has 0 spiro atoms. The van der Waals surface area contributed by atoms with Gasteiger partial charge in [0.25, 0.3) is 0 Å². The van der Waals surface area contributed by atoms with E-state index < -0.39 is 0 Å². The minimum Gasteiger partial charge on any atom is -0.423 e. The quantitative estimate of drug-likeness (QED) is 0.677. The highest BCUT2D eigenvalue weighted by Crippen LogP contribution is 2.19. The summed E-state index contributed by atoms with van der Waals surface area (Å²) in [6.45, 7) is 4.34. The fourth-order valence-corrected chi connectivity index (χ4v) is 2.18. The molecule has 2 heterocycles. The minimum absolute atomic E-state index is 0.355. The van der Waals surface area contributed by atoms with Gasteiger partial charge in [0.1, 0.15) is 11.4 Å². The first-order valence-corrected chi connectivity index (χ1v) is 6.46. The number of aryl methyl sites for hydroxylation is 2. The Balaban J connectivity index is 2.15. The highest BCUT2D eigenvalue weighted by Gasteiger charge is 2.09. The van der Waals surface area contributed by atoms with Crippen molar-refractivity contribution in [3.05, 3.63) is 51.6 Å². The maximum Gasteiger partial charge on any atom is 0.336 e. The van der Waals surface area contributed by atoms with Crippen LogP contribution in [0, 0.1) is 6.92 Å². The first-order chi connectivity index (χ1) is 9.67. The molecule has 0 saturated heterocycles. The Morgan fingerprint density at radius 3 is 2.85 bits per heavy atom. The first-order valence-electron chi connectivity index (χ1n) is 6.46. The van der Waals surface area contributed by atoms with Crippen molar-refractivity contribution in [1.29, 1.82) is 0 Å². The average Bonchev–Trinajstić information content (AvgIpc) is 2.83. The average molecular weight is 270 g/mol. The van der Waals surface area contributed by atoms with Crippen LogP contribution in [-0.4, -0.2) is 20.2 Å². The van der Waals surface area contributed by atoms with E-state index in [1.807, 2.05) is 25.1 Å². The molecule has 0 bridgehead atoms. The van der Waals surface area contributed by atoms with E-state index in [0.717, 1.165) is 22.9 Å². The van der Waals surface area contributed by atoms with E-state index in [9.17, 15) is 4.79 Å². The van der Waals surface area contributed by atoms with Gasteiger partial charge in [-0.1, -0.05) is 19.1 Å². The molecule has 6 heteroatoms. The third kappa shape index (κ3) is 2.20. The lowest BCUT2D eigenvalue weighted by Gasteiger charge is -2.07. The standard InChI is InChI=1S/C14H14N4O2/c1-3-10-4-5-12-11(7-14(19)20-13(12)6-10)8-18-9(2)15-16-17-18/h4-7H,3,8H2,1-2H3. The Bertz CT molecular complexity index is 819. The molecule has 0 saturated carbocycles. The van der Waals surface area contributed by atoms with Crippen LogP contribution in [0.1, 0.15) is 23.9 Å². The molecular weight excluding hydrogens is 256 g/mol. The molecule has 0 aliphatic heterocycles. The number of aromatic nitrogens is 4. The summed E-state index contributed by atoms with van der Waals surface area (Å²) in [5.41, 5.74) is 2.25. The van der Waals surface area contributed by atoms with E-state index in [4.69, 9.17) is 4.42 Å². The third-order valence-electron chi connectivity index (χ3n) is 3.33. The number of fused-ring (bicyclic) bond motifs is 1. The molecule has 0 amide bonds. The molecule has 3 aromatic rings. The Labute approximate surface area is 115 Å². The molecule has 3 rings (SSSR count). The normalized spacial score (nSPS) is 11.1. The van der Waals surface area contributed by atoms with Crippen LogP contribution in [0.4, 0.5) is 0 Å². The number of hydrogen-bond donors (Lipinski definition) is 0. The van der Waals surface area contributed by atoms with E-state index in [0.29, 0.717) is 18.0 Å². The lowest BCUT2D eigenvalue weighted by molar-refractivity contribution is 0.554. The molecule has 0 radical (unpaired) electrons. The van der Waals surface area contributed by atoms with Gasteiger partial charge in [-0.2, -0.15) is 0 Å². The lowest BCUT2D eigenvalue weighted by atomic mass is 10.1. The Morgan fingerprint density at radius 2 is 2.15 bits per heavy atom. The molecule has 0 atom stereocenters. The van der Waals surface area contributed by atoms with Gasteiger partial charge in [0.2, 0.25) is 0 Å². The predicted octanol–water partition coefficient (Wildman–Crippen LogP) is 1.70. The molecule has 1 aromatic carbocycles. The second-order valence-corrected chi connectivity index (χ2v) is 4.66. The number of benzene rings is 1. The Morgan fingerprint density at radius 1 is 1.30 bits per heavy atom. The smallest absolute Gasteiger partial charge is 0.336 e. The first kappa shape index (κ1) is 12.5. The molecule has 2 aromatic heterocycles. The van der Waals surface area contributed by atoms with Gasteiger partial charge in [0.15, 0.2) is 0 Å². The summed E-state index contributed by atoms with van der Waals surface area (Å²) in [6.07, 6.45) is 0.899. The molecule has 0 N–H and O–H groups in total. The van der Waals surface area contributed by atoms with Crippen molar-refractivity contribution in [3.63, 3.8) is 0 Å². The summed E-state index contributed by atoms with van der Waals surface area (Å²) < 4.78 is 6.93. The fraction of sp³-hybridized carbons (Fsp3) is 0.286. The van der Waals surface area contributed by atoms with Crippen molar-refractivity contribution in [3.8, 4) is 0 Å². The molecule has 20 heavy (non-hydrogen) atoms. The highest BCUT2D eigenvalue weighted by molar-refractivity contribution is 5.80. The maximum absolute atomic E-state index is 11.7. The molecule has 0 unspecified atom stereocenters. The van der Waals surface area contributed by atoms with Crippen LogP contribution in [0.25, 0.3) is 11.0 Å². The van der Waals surface area contributed by atoms with Crippen molar-refractivity contribution in [2.75, 3.05) is 0 Å². The summed E-state index contributed by atoms with van der Waals surface area (Å²) in [6, 6.07) is 7.42. The summed E-state index contributed by atoms with van der Waals surface area (Å²) >= 11 is 0. The highest BCUT2D eigenvalue weighted by atomic mass is 16.4. The van der Waals surface area contributed by atoms with Crippen LogP contribution < -0.4 is 5.63 Å².